The third kappa shape index (κ3) is 9.73. The van der Waals surface area contributed by atoms with Crippen LogP contribution in [-0.2, 0) is 0 Å². The van der Waals surface area contributed by atoms with Gasteiger partial charge in [0.1, 0.15) is 0 Å². The van der Waals surface area contributed by atoms with E-state index < -0.39 is 0 Å². The maximum atomic E-state index is 3.46. The van der Waals surface area contributed by atoms with Crippen LogP contribution in [-0.4, -0.2) is 57.8 Å². The van der Waals surface area contributed by atoms with Gasteiger partial charge in [-0.1, -0.05) is 26.7 Å². The lowest BCUT2D eigenvalue weighted by Crippen LogP contribution is -2.46. The summed E-state index contributed by atoms with van der Waals surface area (Å²) in [5.41, 5.74) is 0. The van der Waals surface area contributed by atoms with Crippen molar-refractivity contribution in [1.29, 1.82) is 0 Å². The van der Waals surface area contributed by atoms with Gasteiger partial charge < -0.3 is 15.1 Å². The molecule has 0 aliphatic carbocycles. The van der Waals surface area contributed by atoms with Crippen molar-refractivity contribution in [3.63, 3.8) is 0 Å². The Morgan fingerprint density at radius 2 is 1.40 bits per heavy atom. The molecule has 20 heavy (non-hydrogen) atoms. The van der Waals surface area contributed by atoms with Gasteiger partial charge in [-0.3, -0.25) is 0 Å². The number of nitrogens with one attached hydrogen (secondary N) is 2. The molecule has 0 saturated carbocycles. The summed E-state index contributed by atoms with van der Waals surface area (Å²) in [4.78, 5) is 0. The van der Waals surface area contributed by atoms with Crippen molar-refractivity contribution in [3.05, 3.63) is 0 Å². The average molecular weight is 287 g/mol. The molecule has 0 aromatic rings. The summed E-state index contributed by atoms with van der Waals surface area (Å²) in [6.07, 6.45) is 9.28. The molecule has 2 N–H and O–H groups in total. The molecule has 1 atom stereocenters. The van der Waals surface area contributed by atoms with E-state index in [0.29, 0.717) is 6.04 Å². The second-order valence-corrected chi connectivity index (χ2v) is 6.52. The fourth-order valence-electron chi connectivity index (χ4n) is 2.89. The molecule has 3 heteroatoms. The van der Waals surface area contributed by atoms with Crippen molar-refractivity contribution < 1.29 is 4.48 Å². The van der Waals surface area contributed by atoms with Crippen molar-refractivity contribution >= 4 is 0 Å². The quantitative estimate of drug-likeness (QED) is 0.480. The predicted molar refractivity (Wildman–Crippen MR) is 91.2 cm³/mol. The molecule has 0 aliphatic rings. The predicted octanol–water partition coefficient (Wildman–Crippen LogP) is 3.01. The zero-order valence-corrected chi connectivity index (χ0v) is 14.8. The van der Waals surface area contributed by atoms with E-state index in [1.807, 2.05) is 7.05 Å². The van der Waals surface area contributed by atoms with Gasteiger partial charge in [0.2, 0.25) is 0 Å². The van der Waals surface area contributed by atoms with Gasteiger partial charge in [0.15, 0.2) is 0 Å². The van der Waals surface area contributed by atoms with Crippen LogP contribution in [0, 0.1) is 0 Å². The Kier molecular flexibility index (Phi) is 12.5. The second kappa shape index (κ2) is 12.6. The molecular weight excluding hydrogens is 246 g/mol. The average Bonchev–Trinajstić information content (AvgIpc) is 2.46. The molecule has 1 unspecified atom stereocenters. The van der Waals surface area contributed by atoms with Crippen LogP contribution in [0.5, 0.6) is 0 Å². The topological polar surface area (TPSA) is 24.1 Å². The minimum atomic E-state index is 0.674. The highest BCUT2D eigenvalue weighted by Crippen LogP contribution is 2.12. The van der Waals surface area contributed by atoms with Crippen LogP contribution in [0.2, 0.25) is 0 Å². The van der Waals surface area contributed by atoms with Gasteiger partial charge in [0.25, 0.3) is 0 Å². The zero-order chi connectivity index (χ0) is 15.3. The van der Waals surface area contributed by atoms with Gasteiger partial charge in [0, 0.05) is 6.04 Å². The first-order chi connectivity index (χ1) is 9.61. The van der Waals surface area contributed by atoms with Gasteiger partial charge in [-0.15, -0.1) is 0 Å². The molecule has 0 saturated heterocycles. The summed E-state index contributed by atoms with van der Waals surface area (Å²) in [6.45, 7) is 9.79. The van der Waals surface area contributed by atoms with Crippen LogP contribution < -0.4 is 10.6 Å². The van der Waals surface area contributed by atoms with Crippen molar-refractivity contribution in [1.82, 2.24) is 10.6 Å². The molecule has 0 amide bonds. The van der Waals surface area contributed by atoms with Gasteiger partial charge in [-0.2, -0.15) is 0 Å². The highest BCUT2D eigenvalue weighted by atomic mass is 15.3. The van der Waals surface area contributed by atoms with Gasteiger partial charge in [0.05, 0.1) is 26.7 Å². The first kappa shape index (κ1) is 19.9. The molecule has 0 heterocycles. The van der Waals surface area contributed by atoms with E-state index in [1.54, 1.807) is 0 Å². The van der Waals surface area contributed by atoms with E-state index in [4.69, 9.17) is 0 Å². The highest BCUT2D eigenvalue weighted by molar-refractivity contribution is 4.65. The molecule has 0 aliphatic heterocycles. The molecule has 0 rings (SSSR count). The van der Waals surface area contributed by atoms with E-state index in [0.717, 1.165) is 6.54 Å². The van der Waals surface area contributed by atoms with Crippen LogP contribution in [0.3, 0.4) is 0 Å². The summed E-state index contributed by atoms with van der Waals surface area (Å²) in [6, 6.07) is 0.674. The summed E-state index contributed by atoms with van der Waals surface area (Å²) in [5.74, 6) is 0. The third-order valence-electron chi connectivity index (χ3n) is 4.50. The highest BCUT2D eigenvalue weighted by Gasteiger charge is 2.20. The molecule has 122 valence electrons. The summed E-state index contributed by atoms with van der Waals surface area (Å²) in [5, 5.41) is 6.71. The third-order valence-corrected chi connectivity index (χ3v) is 4.50. The summed E-state index contributed by atoms with van der Waals surface area (Å²) in [7, 11) is 6.60. The molecular formula is C17H40N3+. The number of unbranched alkanes of at least 4 members (excludes halogenated alkanes) is 2. The molecule has 0 spiro atoms. The zero-order valence-electron chi connectivity index (χ0n) is 14.8. The second-order valence-electron chi connectivity index (χ2n) is 6.52. The van der Waals surface area contributed by atoms with Gasteiger partial charge in [-0.25, -0.2) is 0 Å². The fraction of sp³-hybridized carbons (Fsp3) is 1.00. The Bertz CT molecular complexity index is 198. The van der Waals surface area contributed by atoms with Crippen LogP contribution in [0.4, 0.5) is 0 Å². The largest absolute Gasteiger partial charge is 0.326 e. The van der Waals surface area contributed by atoms with Crippen LogP contribution in [0.1, 0.15) is 58.8 Å². The van der Waals surface area contributed by atoms with Crippen molar-refractivity contribution in [3.8, 4) is 0 Å². The first-order valence-corrected chi connectivity index (χ1v) is 8.77. The standard InChI is InChI=1S/C17H40N3/c1-6-8-14-20(5,15-9-7-2)16-10-11-17(19-4)12-13-18-3/h17-19H,6-16H2,1-5H3/q+1. The Morgan fingerprint density at radius 1 is 0.850 bits per heavy atom. The van der Waals surface area contributed by atoms with Crippen LogP contribution in [0.15, 0.2) is 0 Å². The van der Waals surface area contributed by atoms with E-state index in [2.05, 4.69) is 38.6 Å². The van der Waals surface area contributed by atoms with E-state index in [-0.39, 0.29) is 0 Å². The Balaban J connectivity index is 4.09. The normalized spacial score (nSPS) is 13.7. The van der Waals surface area contributed by atoms with Crippen molar-refractivity contribution in [2.75, 3.05) is 47.3 Å². The minimum absolute atomic E-state index is 0.674. The van der Waals surface area contributed by atoms with Crippen LogP contribution >= 0.6 is 0 Å². The Morgan fingerprint density at radius 3 is 1.85 bits per heavy atom. The van der Waals surface area contributed by atoms with Crippen molar-refractivity contribution in [2.45, 2.75) is 64.8 Å². The summed E-state index contributed by atoms with van der Waals surface area (Å²) >= 11 is 0. The smallest absolute Gasteiger partial charge is 0.0785 e. The Hall–Kier alpha value is -0.120. The minimum Gasteiger partial charge on any atom is -0.326 e. The molecule has 3 nitrogen and oxygen atoms in total. The lowest BCUT2D eigenvalue weighted by molar-refractivity contribution is -0.910. The number of hydrogen-bond donors (Lipinski definition) is 2. The monoisotopic (exact) mass is 286 g/mol. The molecule has 0 aromatic carbocycles. The van der Waals surface area contributed by atoms with E-state index >= 15 is 0 Å². The molecule has 0 aromatic heterocycles. The van der Waals surface area contributed by atoms with E-state index in [1.165, 1.54) is 69.1 Å². The number of rotatable bonds is 14. The molecule has 0 radical (unpaired) electrons. The SMILES string of the molecule is CCCC[N+](C)(CCCC)CCCC(CCNC)NC. The summed E-state index contributed by atoms with van der Waals surface area (Å²) < 4.78 is 1.28. The molecule has 0 fully saturated rings. The fourth-order valence-corrected chi connectivity index (χ4v) is 2.89. The maximum absolute atomic E-state index is 3.46. The number of nitrogens with zero attached hydrogens (tertiary/aromatic N) is 1. The van der Waals surface area contributed by atoms with Crippen molar-refractivity contribution in [2.24, 2.45) is 0 Å². The lowest BCUT2D eigenvalue weighted by Gasteiger charge is -2.35. The number of quaternary nitrogens is 1. The van der Waals surface area contributed by atoms with Gasteiger partial charge >= 0.3 is 0 Å². The Labute approximate surface area is 128 Å². The molecule has 0 bridgehead atoms. The first-order valence-electron chi connectivity index (χ1n) is 8.77. The lowest BCUT2D eigenvalue weighted by atomic mass is 10.1. The van der Waals surface area contributed by atoms with Crippen LogP contribution in [0.25, 0.3) is 0 Å². The van der Waals surface area contributed by atoms with E-state index in [9.17, 15) is 0 Å². The number of hydrogen-bond acceptors (Lipinski definition) is 2. The maximum Gasteiger partial charge on any atom is 0.0785 e. The van der Waals surface area contributed by atoms with Gasteiger partial charge in [-0.05, 0) is 52.7 Å².